The fraction of sp³-hybridized carbons (Fsp3) is 0.231. The van der Waals surface area contributed by atoms with Gasteiger partial charge in [0.25, 0.3) is 0 Å². The molecule has 0 bridgehead atoms. The van der Waals surface area contributed by atoms with Gasteiger partial charge >= 0.3 is 12.0 Å². The topological polar surface area (TPSA) is 89.9 Å². The van der Waals surface area contributed by atoms with E-state index in [1.165, 1.54) is 24.3 Å². The zero-order valence-electron chi connectivity index (χ0n) is 10.2. The van der Waals surface area contributed by atoms with E-state index in [1.54, 1.807) is 0 Å². The minimum absolute atomic E-state index is 0.0340. The molecular weight excluding hydrogens is 248 g/mol. The molecule has 0 aliphatic rings. The number of aromatic hydroxyl groups is 1. The molecule has 0 aliphatic carbocycles. The van der Waals surface area contributed by atoms with E-state index in [0.29, 0.717) is 12.1 Å². The number of carbonyl (C=O) groups is 2. The largest absolute Gasteiger partial charge is 0.508 e. The van der Waals surface area contributed by atoms with Gasteiger partial charge in [0, 0.05) is 18.7 Å². The van der Waals surface area contributed by atoms with Crippen LogP contribution in [0.1, 0.15) is 6.42 Å². The standard InChI is InChI=1S/C13H14N2O4/c1-2-3-8-14-13(19)15(9-12(17)18)10-4-6-11(16)7-5-10/h1,4-7,16H,3,8-9H2,(H,14,19)(H,17,18). The molecule has 0 heterocycles. The number of phenolic OH excluding ortho intramolecular Hbond substituents is 1. The van der Waals surface area contributed by atoms with Crippen molar-refractivity contribution in [2.45, 2.75) is 6.42 Å². The first-order valence-electron chi connectivity index (χ1n) is 5.54. The Morgan fingerprint density at radius 3 is 2.47 bits per heavy atom. The number of rotatable bonds is 5. The molecule has 0 atom stereocenters. The molecule has 6 heteroatoms. The van der Waals surface area contributed by atoms with Crippen molar-refractivity contribution in [3.05, 3.63) is 24.3 Å². The minimum atomic E-state index is -1.14. The predicted molar refractivity (Wildman–Crippen MR) is 69.9 cm³/mol. The quantitative estimate of drug-likeness (QED) is 0.546. The summed E-state index contributed by atoms with van der Waals surface area (Å²) in [6.07, 6.45) is 5.43. The molecule has 0 radical (unpaired) electrons. The summed E-state index contributed by atoms with van der Waals surface area (Å²) in [4.78, 5) is 23.7. The predicted octanol–water partition coefficient (Wildman–Crippen LogP) is 1.02. The van der Waals surface area contributed by atoms with Gasteiger partial charge in [0.2, 0.25) is 0 Å². The minimum Gasteiger partial charge on any atom is -0.508 e. The third-order valence-electron chi connectivity index (χ3n) is 2.25. The second-order valence-corrected chi connectivity index (χ2v) is 3.68. The van der Waals surface area contributed by atoms with Crippen molar-refractivity contribution in [1.29, 1.82) is 0 Å². The van der Waals surface area contributed by atoms with Gasteiger partial charge < -0.3 is 15.5 Å². The van der Waals surface area contributed by atoms with Crippen LogP contribution in [0.2, 0.25) is 0 Å². The summed E-state index contributed by atoms with van der Waals surface area (Å²) in [6.45, 7) is -0.212. The first-order chi connectivity index (χ1) is 9.04. The molecule has 1 aromatic rings. The van der Waals surface area contributed by atoms with Gasteiger partial charge in [-0.1, -0.05) is 0 Å². The van der Waals surface area contributed by atoms with Crippen molar-refractivity contribution < 1.29 is 19.8 Å². The van der Waals surface area contributed by atoms with E-state index < -0.39 is 18.5 Å². The third-order valence-corrected chi connectivity index (χ3v) is 2.25. The molecule has 1 rings (SSSR count). The molecule has 0 spiro atoms. The highest BCUT2D eigenvalue weighted by Gasteiger charge is 2.18. The molecule has 0 saturated heterocycles. The van der Waals surface area contributed by atoms with Crippen LogP contribution in [0.15, 0.2) is 24.3 Å². The monoisotopic (exact) mass is 262 g/mol. The zero-order chi connectivity index (χ0) is 14.3. The number of hydrogen-bond acceptors (Lipinski definition) is 3. The molecule has 100 valence electrons. The number of terminal acetylenes is 1. The Bertz CT molecular complexity index is 490. The van der Waals surface area contributed by atoms with Crippen LogP contribution in [0, 0.1) is 12.3 Å². The van der Waals surface area contributed by atoms with Crippen LogP contribution in [-0.4, -0.2) is 35.3 Å². The maximum atomic E-state index is 11.9. The number of nitrogens with zero attached hydrogens (tertiary/aromatic N) is 1. The van der Waals surface area contributed by atoms with Crippen molar-refractivity contribution in [3.63, 3.8) is 0 Å². The average Bonchev–Trinajstić information content (AvgIpc) is 2.37. The van der Waals surface area contributed by atoms with Gasteiger partial charge in [0.05, 0.1) is 0 Å². The molecule has 6 nitrogen and oxygen atoms in total. The second kappa shape index (κ2) is 6.91. The normalized spacial score (nSPS) is 9.42. The lowest BCUT2D eigenvalue weighted by Crippen LogP contribution is -2.43. The third kappa shape index (κ3) is 4.60. The SMILES string of the molecule is C#CCCNC(=O)N(CC(=O)O)c1ccc(O)cc1. The number of aliphatic carboxylic acids is 1. The van der Waals surface area contributed by atoms with E-state index in [2.05, 4.69) is 11.2 Å². The number of hydrogen-bond donors (Lipinski definition) is 3. The number of amides is 2. The van der Waals surface area contributed by atoms with Crippen molar-refractivity contribution in [1.82, 2.24) is 5.32 Å². The Balaban J connectivity index is 2.82. The summed E-state index contributed by atoms with van der Waals surface area (Å²) in [5, 5.41) is 20.5. The molecule has 19 heavy (non-hydrogen) atoms. The number of nitrogens with one attached hydrogen (secondary N) is 1. The molecule has 0 fully saturated rings. The van der Waals surface area contributed by atoms with Crippen LogP contribution in [0.3, 0.4) is 0 Å². The lowest BCUT2D eigenvalue weighted by molar-refractivity contribution is -0.135. The number of carbonyl (C=O) groups excluding carboxylic acids is 1. The summed E-state index contributed by atoms with van der Waals surface area (Å²) in [7, 11) is 0. The average molecular weight is 262 g/mol. The van der Waals surface area contributed by atoms with Crippen LogP contribution < -0.4 is 10.2 Å². The Morgan fingerprint density at radius 1 is 1.32 bits per heavy atom. The highest BCUT2D eigenvalue weighted by Crippen LogP contribution is 2.18. The first kappa shape index (κ1) is 14.4. The number of carboxylic acid groups (broad SMARTS) is 1. The van der Waals surface area contributed by atoms with E-state index in [0.717, 1.165) is 4.90 Å². The molecule has 0 aliphatic heterocycles. The molecule has 0 aromatic heterocycles. The second-order valence-electron chi connectivity index (χ2n) is 3.68. The van der Waals surface area contributed by atoms with Crippen molar-refractivity contribution in [2.24, 2.45) is 0 Å². The summed E-state index contributed by atoms with van der Waals surface area (Å²) >= 11 is 0. The Morgan fingerprint density at radius 2 is 1.95 bits per heavy atom. The molecule has 2 amide bonds. The van der Waals surface area contributed by atoms with Crippen molar-refractivity contribution in [3.8, 4) is 18.1 Å². The van der Waals surface area contributed by atoms with Gasteiger partial charge in [0.15, 0.2) is 0 Å². The van der Waals surface area contributed by atoms with Crippen LogP contribution in [-0.2, 0) is 4.79 Å². The van der Waals surface area contributed by atoms with Gasteiger partial charge in [0.1, 0.15) is 12.3 Å². The number of carboxylic acids is 1. The number of urea groups is 1. The van der Waals surface area contributed by atoms with E-state index in [-0.39, 0.29) is 12.3 Å². The molecular formula is C13H14N2O4. The Labute approximate surface area is 110 Å². The maximum absolute atomic E-state index is 11.9. The summed E-state index contributed by atoms with van der Waals surface area (Å²) in [6, 6.07) is 5.11. The smallest absolute Gasteiger partial charge is 0.323 e. The van der Waals surface area contributed by atoms with Crippen LogP contribution in [0.25, 0.3) is 0 Å². The Kier molecular flexibility index (Phi) is 5.23. The first-order valence-corrected chi connectivity index (χ1v) is 5.54. The zero-order valence-corrected chi connectivity index (χ0v) is 10.2. The Hall–Kier alpha value is -2.68. The molecule has 0 unspecified atom stereocenters. The van der Waals surface area contributed by atoms with Crippen molar-refractivity contribution >= 4 is 17.7 Å². The lowest BCUT2D eigenvalue weighted by atomic mass is 10.2. The lowest BCUT2D eigenvalue weighted by Gasteiger charge is -2.21. The van der Waals surface area contributed by atoms with Crippen molar-refractivity contribution in [2.75, 3.05) is 18.0 Å². The number of anilines is 1. The van der Waals surface area contributed by atoms with Gasteiger partial charge in [-0.3, -0.25) is 9.69 Å². The van der Waals surface area contributed by atoms with Gasteiger partial charge in [-0.2, -0.15) is 0 Å². The van der Waals surface area contributed by atoms with Gasteiger partial charge in [-0.15, -0.1) is 12.3 Å². The number of benzene rings is 1. The highest BCUT2D eigenvalue weighted by molar-refractivity contribution is 5.96. The highest BCUT2D eigenvalue weighted by atomic mass is 16.4. The molecule has 0 saturated carbocycles. The van der Waals surface area contributed by atoms with Gasteiger partial charge in [-0.25, -0.2) is 4.79 Å². The van der Waals surface area contributed by atoms with Crippen LogP contribution >= 0.6 is 0 Å². The molecule has 3 N–H and O–H groups in total. The van der Waals surface area contributed by atoms with E-state index in [1.807, 2.05) is 0 Å². The molecule has 1 aromatic carbocycles. The summed E-state index contributed by atoms with van der Waals surface area (Å²) in [5.74, 6) is 1.26. The summed E-state index contributed by atoms with van der Waals surface area (Å²) < 4.78 is 0. The van der Waals surface area contributed by atoms with E-state index >= 15 is 0 Å². The van der Waals surface area contributed by atoms with Gasteiger partial charge in [-0.05, 0) is 24.3 Å². The summed E-state index contributed by atoms with van der Waals surface area (Å²) in [5.41, 5.74) is 0.374. The fourth-order valence-electron chi connectivity index (χ4n) is 1.39. The van der Waals surface area contributed by atoms with E-state index in [9.17, 15) is 14.7 Å². The van der Waals surface area contributed by atoms with Crippen LogP contribution in [0.4, 0.5) is 10.5 Å². The van der Waals surface area contributed by atoms with Crippen LogP contribution in [0.5, 0.6) is 5.75 Å². The maximum Gasteiger partial charge on any atom is 0.323 e. The van der Waals surface area contributed by atoms with E-state index in [4.69, 9.17) is 11.5 Å². The fourth-order valence-corrected chi connectivity index (χ4v) is 1.39. The number of phenols is 1.